The molecule has 0 unspecified atom stereocenters. The summed E-state index contributed by atoms with van der Waals surface area (Å²) in [7, 11) is 0. The number of H-pyrrole nitrogens is 1. The summed E-state index contributed by atoms with van der Waals surface area (Å²) in [6.07, 6.45) is -1.42. The van der Waals surface area contributed by atoms with Crippen LogP contribution in [0.3, 0.4) is 0 Å². The van der Waals surface area contributed by atoms with Crippen LogP contribution in [0.25, 0.3) is 0 Å². The van der Waals surface area contributed by atoms with Gasteiger partial charge in [0.05, 0.1) is 6.42 Å². The zero-order valence-electron chi connectivity index (χ0n) is 17.2. The molecule has 0 aliphatic rings. The number of aromatic nitrogens is 2. The van der Waals surface area contributed by atoms with Crippen molar-refractivity contribution in [1.82, 2.24) is 9.97 Å². The summed E-state index contributed by atoms with van der Waals surface area (Å²) in [6.45, 7) is 6.22. The number of carbonyl (C=O) groups is 3. The number of imidazole rings is 1. The van der Waals surface area contributed by atoms with E-state index in [1.165, 1.54) is 12.1 Å². The number of nitrogens with two attached hydrogens (primary N) is 1. The summed E-state index contributed by atoms with van der Waals surface area (Å²) in [4.78, 5) is 41.9. The molecule has 0 aliphatic carbocycles. The maximum absolute atomic E-state index is 12.6. The first-order valence-corrected chi connectivity index (χ1v) is 9.33. The van der Waals surface area contributed by atoms with Crippen molar-refractivity contribution >= 4 is 23.8 Å². The van der Waals surface area contributed by atoms with Crippen molar-refractivity contribution < 1.29 is 28.6 Å². The molecule has 2 amide bonds. The van der Waals surface area contributed by atoms with Crippen molar-refractivity contribution in [2.24, 2.45) is 5.73 Å². The lowest BCUT2D eigenvalue weighted by Gasteiger charge is -2.19. The molecule has 0 bridgehead atoms. The van der Waals surface area contributed by atoms with Gasteiger partial charge in [0.2, 0.25) is 0 Å². The minimum Gasteiger partial charge on any atom is -0.449 e. The summed E-state index contributed by atoms with van der Waals surface area (Å²) in [6, 6.07) is 9.98. The summed E-state index contributed by atoms with van der Waals surface area (Å²) in [5.74, 6) is -0.791. The molecule has 0 saturated heterocycles. The van der Waals surface area contributed by atoms with Crippen molar-refractivity contribution in [3.63, 3.8) is 0 Å². The first kappa shape index (κ1) is 21.6. The van der Waals surface area contributed by atoms with Gasteiger partial charge in [-0.1, -0.05) is 32.9 Å². The van der Waals surface area contributed by atoms with E-state index in [2.05, 4.69) is 40.8 Å². The number of primary amides is 1. The molecule has 3 rings (SSSR count). The number of nitrogens with zero attached hydrogens (tertiary/aromatic N) is 1. The van der Waals surface area contributed by atoms with Crippen molar-refractivity contribution in [3.05, 3.63) is 64.8 Å². The SMILES string of the molecule is CC(C)(C)c1ccc(C(=O)Nc2[nH]c(Cc3ccc(OC(=O)O)o3)nc2C(N)=O)cc1. The van der Waals surface area contributed by atoms with E-state index in [1.54, 1.807) is 12.1 Å². The number of nitrogens with one attached hydrogen (secondary N) is 2. The highest BCUT2D eigenvalue weighted by Crippen LogP contribution is 2.23. The molecule has 2 aromatic heterocycles. The van der Waals surface area contributed by atoms with E-state index in [9.17, 15) is 14.4 Å². The van der Waals surface area contributed by atoms with Crippen LogP contribution in [0.4, 0.5) is 10.6 Å². The van der Waals surface area contributed by atoms with E-state index < -0.39 is 18.0 Å². The van der Waals surface area contributed by atoms with E-state index in [0.717, 1.165) is 5.56 Å². The highest BCUT2D eigenvalue weighted by atomic mass is 16.7. The van der Waals surface area contributed by atoms with Gasteiger partial charge in [-0.2, -0.15) is 0 Å². The minimum atomic E-state index is -1.50. The topological polar surface area (TPSA) is 161 Å². The highest BCUT2D eigenvalue weighted by molar-refractivity contribution is 6.07. The number of furan rings is 1. The number of ether oxygens (including phenoxy) is 1. The minimum absolute atomic E-state index is 0.0480. The third-order valence-corrected chi connectivity index (χ3v) is 4.40. The van der Waals surface area contributed by atoms with Gasteiger partial charge in [-0.15, -0.1) is 0 Å². The Bertz CT molecular complexity index is 1120. The molecule has 3 aromatic rings. The molecule has 5 N–H and O–H groups in total. The summed E-state index contributed by atoms with van der Waals surface area (Å²) in [5, 5.41) is 11.2. The fourth-order valence-electron chi connectivity index (χ4n) is 2.84. The second-order valence-electron chi connectivity index (χ2n) is 7.82. The molecule has 2 heterocycles. The fourth-order valence-corrected chi connectivity index (χ4v) is 2.84. The Hall–Kier alpha value is -4.08. The van der Waals surface area contributed by atoms with Gasteiger partial charge >= 0.3 is 6.16 Å². The molecule has 1 aromatic carbocycles. The van der Waals surface area contributed by atoms with Crippen molar-refractivity contribution in [2.45, 2.75) is 32.6 Å². The van der Waals surface area contributed by atoms with Gasteiger partial charge in [0, 0.05) is 11.6 Å². The van der Waals surface area contributed by atoms with E-state index in [1.807, 2.05) is 12.1 Å². The molecular formula is C21H22N4O6. The monoisotopic (exact) mass is 426 g/mol. The van der Waals surface area contributed by atoms with E-state index in [-0.39, 0.29) is 35.1 Å². The molecule has 31 heavy (non-hydrogen) atoms. The van der Waals surface area contributed by atoms with Crippen LogP contribution in [0, 0.1) is 0 Å². The second kappa shape index (κ2) is 8.34. The Kier molecular flexibility index (Phi) is 5.82. The van der Waals surface area contributed by atoms with Crippen LogP contribution in [0.15, 0.2) is 40.8 Å². The maximum Gasteiger partial charge on any atom is 0.513 e. The first-order chi connectivity index (χ1) is 14.5. The van der Waals surface area contributed by atoms with Gasteiger partial charge in [-0.25, -0.2) is 9.78 Å². The average Bonchev–Trinajstić information content (AvgIpc) is 3.27. The normalized spacial score (nSPS) is 11.2. The average molecular weight is 426 g/mol. The molecule has 0 radical (unpaired) electrons. The van der Waals surface area contributed by atoms with Crippen LogP contribution in [0.1, 0.15) is 58.8 Å². The molecule has 0 saturated carbocycles. The molecule has 10 heteroatoms. The quantitative estimate of drug-likeness (QED) is 0.440. The van der Waals surface area contributed by atoms with Crippen LogP contribution in [0.5, 0.6) is 5.95 Å². The second-order valence-corrected chi connectivity index (χ2v) is 7.82. The predicted molar refractivity (Wildman–Crippen MR) is 110 cm³/mol. The Morgan fingerprint density at radius 1 is 1.16 bits per heavy atom. The zero-order chi connectivity index (χ0) is 22.8. The smallest absolute Gasteiger partial charge is 0.449 e. The van der Waals surface area contributed by atoms with Gasteiger partial charge in [-0.05, 0) is 29.2 Å². The Morgan fingerprint density at radius 3 is 2.42 bits per heavy atom. The molecular weight excluding hydrogens is 404 g/mol. The van der Waals surface area contributed by atoms with Crippen LogP contribution >= 0.6 is 0 Å². The Balaban J connectivity index is 1.77. The first-order valence-electron chi connectivity index (χ1n) is 9.33. The summed E-state index contributed by atoms with van der Waals surface area (Å²) in [5.41, 5.74) is 6.68. The lowest BCUT2D eigenvalue weighted by atomic mass is 9.87. The number of aromatic amines is 1. The van der Waals surface area contributed by atoms with Crippen LogP contribution in [-0.4, -0.2) is 33.0 Å². The predicted octanol–water partition coefficient (Wildman–Crippen LogP) is 3.30. The fraction of sp³-hybridized carbons (Fsp3) is 0.238. The summed E-state index contributed by atoms with van der Waals surface area (Å²) < 4.78 is 9.65. The third kappa shape index (κ3) is 5.30. The number of rotatable bonds is 6. The van der Waals surface area contributed by atoms with Crippen molar-refractivity contribution in [1.29, 1.82) is 0 Å². The van der Waals surface area contributed by atoms with Crippen LogP contribution in [0.2, 0.25) is 0 Å². The highest BCUT2D eigenvalue weighted by Gasteiger charge is 2.20. The van der Waals surface area contributed by atoms with Gasteiger partial charge in [0.1, 0.15) is 17.4 Å². The largest absolute Gasteiger partial charge is 0.513 e. The third-order valence-electron chi connectivity index (χ3n) is 4.40. The van der Waals surface area contributed by atoms with Crippen LogP contribution in [-0.2, 0) is 11.8 Å². The van der Waals surface area contributed by atoms with Gasteiger partial charge in [0.25, 0.3) is 17.8 Å². The molecule has 0 spiro atoms. The van der Waals surface area contributed by atoms with Crippen molar-refractivity contribution in [3.8, 4) is 5.95 Å². The van der Waals surface area contributed by atoms with Crippen LogP contribution < -0.4 is 15.8 Å². The van der Waals surface area contributed by atoms with Crippen molar-refractivity contribution in [2.75, 3.05) is 5.32 Å². The Morgan fingerprint density at radius 2 is 1.84 bits per heavy atom. The molecule has 0 atom stereocenters. The van der Waals surface area contributed by atoms with Gasteiger partial charge in [0.15, 0.2) is 5.69 Å². The van der Waals surface area contributed by atoms with E-state index in [0.29, 0.717) is 11.3 Å². The maximum atomic E-state index is 12.6. The van der Waals surface area contributed by atoms with Gasteiger partial charge in [-0.3, -0.25) is 9.59 Å². The lowest BCUT2D eigenvalue weighted by molar-refractivity contribution is 0.0996. The number of carboxylic acid groups (broad SMARTS) is 1. The van der Waals surface area contributed by atoms with E-state index >= 15 is 0 Å². The molecule has 10 nitrogen and oxygen atoms in total. The zero-order valence-corrected chi connectivity index (χ0v) is 17.2. The Labute approximate surface area is 177 Å². The number of benzene rings is 1. The molecule has 0 aliphatic heterocycles. The number of carbonyl (C=O) groups excluding carboxylic acids is 2. The summed E-state index contributed by atoms with van der Waals surface area (Å²) >= 11 is 0. The number of anilines is 1. The lowest BCUT2D eigenvalue weighted by Crippen LogP contribution is -2.18. The number of hydrogen-bond acceptors (Lipinski definition) is 6. The molecule has 162 valence electrons. The molecule has 0 fully saturated rings. The number of hydrogen-bond donors (Lipinski definition) is 4. The number of amides is 2. The van der Waals surface area contributed by atoms with E-state index in [4.69, 9.17) is 15.3 Å². The van der Waals surface area contributed by atoms with Gasteiger partial charge < -0.3 is 30.3 Å². The standard InChI is InChI=1S/C21H22N4O6/c1-21(2,3)12-6-4-11(5-7-12)19(27)25-18-16(17(22)26)23-14(24-18)10-13-8-9-15(30-13)31-20(28)29/h4-9H,10H2,1-3H3,(H2,22,26)(H,23,24)(H,25,27)(H,28,29).